The molecular formula is C18H23N3O4S. The van der Waals surface area contributed by atoms with E-state index in [0.717, 1.165) is 12.2 Å². The minimum Gasteiger partial charge on any atom is -0.497 e. The van der Waals surface area contributed by atoms with Crippen LogP contribution in [0.5, 0.6) is 11.5 Å². The Hall–Kier alpha value is -2.16. The fourth-order valence-electron chi connectivity index (χ4n) is 2.98. The molecule has 0 unspecified atom stereocenters. The summed E-state index contributed by atoms with van der Waals surface area (Å²) in [4.78, 5) is 6.70. The summed E-state index contributed by atoms with van der Waals surface area (Å²) >= 11 is 0. The van der Waals surface area contributed by atoms with Gasteiger partial charge in [-0.2, -0.15) is 4.31 Å². The molecule has 1 fully saturated rings. The topological polar surface area (TPSA) is 72.0 Å². The summed E-state index contributed by atoms with van der Waals surface area (Å²) in [7, 11) is -0.627. The van der Waals surface area contributed by atoms with Crippen molar-refractivity contribution >= 4 is 10.0 Å². The van der Waals surface area contributed by atoms with Gasteiger partial charge in [-0.05, 0) is 24.3 Å². The molecule has 2 heterocycles. The van der Waals surface area contributed by atoms with Crippen molar-refractivity contribution in [2.45, 2.75) is 11.4 Å². The monoisotopic (exact) mass is 377 g/mol. The first-order valence-electron chi connectivity index (χ1n) is 8.39. The highest BCUT2D eigenvalue weighted by Gasteiger charge is 2.31. The predicted molar refractivity (Wildman–Crippen MR) is 97.8 cm³/mol. The Bertz CT molecular complexity index is 835. The molecule has 1 aromatic heterocycles. The third-order valence-corrected chi connectivity index (χ3v) is 6.37. The molecule has 0 amide bonds. The smallest absolute Gasteiger partial charge is 0.246 e. The van der Waals surface area contributed by atoms with Crippen molar-refractivity contribution in [3.63, 3.8) is 0 Å². The Kier molecular flexibility index (Phi) is 5.75. The van der Waals surface area contributed by atoms with Crippen LogP contribution >= 0.6 is 0 Å². The molecule has 7 nitrogen and oxygen atoms in total. The molecule has 8 heteroatoms. The first-order chi connectivity index (χ1) is 12.5. The van der Waals surface area contributed by atoms with Gasteiger partial charge in [-0.1, -0.05) is 6.07 Å². The Balaban J connectivity index is 1.70. The summed E-state index contributed by atoms with van der Waals surface area (Å²) in [5.41, 5.74) is 0.987. The van der Waals surface area contributed by atoms with Gasteiger partial charge in [0.1, 0.15) is 16.4 Å². The zero-order valence-electron chi connectivity index (χ0n) is 15.0. The van der Waals surface area contributed by atoms with E-state index in [1.807, 2.05) is 18.2 Å². The molecule has 0 spiro atoms. The molecule has 0 atom stereocenters. The lowest BCUT2D eigenvalue weighted by atomic mass is 10.3. The van der Waals surface area contributed by atoms with E-state index in [1.165, 1.54) is 24.6 Å². The number of hydrogen-bond acceptors (Lipinski definition) is 6. The van der Waals surface area contributed by atoms with Crippen LogP contribution in [0.1, 0.15) is 5.69 Å². The predicted octanol–water partition coefficient (Wildman–Crippen LogP) is 1.61. The molecule has 26 heavy (non-hydrogen) atoms. The van der Waals surface area contributed by atoms with E-state index < -0.39 is 10.0 Å². The van der Waals surface area contributed by atoms with Gasteiger partial charge in [0.2, 0.25) is 10.0 Å². The molecule has 1 aliphatic heterocycles. The fourth-order valence-corrected chi connectivity index (χ4v) is 4.53. The second kappa shape index (κ2) is 8.03. The number of aromatic nitrogens is 1. The van der Waals surface area contributed by atoms with E-state index >= 15 is 0 Å². The van der Waals surface area contributed by atoms with Crippen LogP contribution in [-0.4, -0.2) is 63.0 Å². The van der Waals surface area contributed by atoms with E-state index in [9.17, 15) is 8.42 Å². The Morgan fingerprint density at radius 2 is 1.81 bits per heavy atom. The zero-order chi connectivity index (χ0) is 18.6. The lowest BCUT2D eigenvalue weighted by Gasteiger charge is -2.34. The van der Waals surface area contributed by atoms with Crippen LogP contribution in [-0.2, 0) is 16.6 Å². The summed E-state index contributed by atoms with van der Waals surface area (Å²) in [5.74, 6) is 0.848. The molecule has 1 saturated heterocycles. The van der Waals surface area contributed by atoms with E-state index in [0.29, 0.717) is 37.7 Å². The molecule has 2 aromatic rings. The third-order valence-electron chi connectivity index (χ3n) is 4.43. The number of benzene rings is 1. The van der Waals surface area contributed by atoms with Crippen LogP contribution in [0.25, 0.3) is 0 Å². The van der Waals surface area contributed by atoms with Crippen LogP contribution in [0.4, 0.5) is 0 Å². The van der Waals surface area contributed by atoms with Crippen LogP contribution in [0.3, 0.4) is 0 Å². The maximum absolute atomic E-state index is 13.0. The highest BCUT2D eigenvalue weighted by Crippen LogP contribution is 2.31. The van der Waals surface area contributed by atoms with E-state index in [4.69, 9.17) is 9.47 Å². The fraction of sp³-hybridized carbons (Fsp3) is 0.389. The summed E-state index contributed by atoms with van der Waals surface area (Å²) in [6, 6.07) is 10.6. The summed E-state index contributed by atoms with van der Waals surface area (Å²) in [6.07, 6.45) is 1.77. The number of sulfonamides is 1. The second-order valence-corrected chi connectivity index (χ2v) is 7.92. The van der Waals surface area contributed by atoms with Crippen molar-refractivity contribution in [1.29, 1.82) is 0 Å². The first kappa shape index (κ1) is 18.6. The van der Waals surface area contributed by atoms with E-state index in [-0.39, 0.29) is 4.90 Å². The number of nitrogens with zero attached hydrogens (tertiary/aromatic N) is 3. The van der Waals surface area contributed by atoms with Crippen molar-refractivity contribution < 1.29 is 17.9 Å². The number of methoxy groups -OCH3 is 2. The number of piperazine rings is 1. The maximum Gasteiger partial charge on any atom is 0.246 e. The van der Waals surface area contributed by atoms with Gasteiger partial charge in [-0.15, -0.1) is 0 Å². The molecule has 0 bridgehead atoms. The lowest BCUT2D eigenvalue weighted by Crippen LogP contribution is -2.48. The summed E-state index contributed by atoms with van der Waals surface area (Å²) < 4.78 is 37.9. The van der Waals surface area contributed by atoms with Crippen LogP contribution in [0.2, 0.25) is 0 Å². The SMILES string of the molecule is COc1ccc(S(=O)(=O)N2CCN(Cc3ccccn3)CC2)c(OC)c1. The first-order valence-corrected chi connectivity index (χ1v) is 9.83. The van der Waals surface area contributed by atoms with Gasteiger partial charge in [0.05, 0.1) is 19.9 Å². The largest absolute Gasteiger partial charge is 0.497 e. The maximum atomic E-state index is 13.0. The number of pyridine rings is 1. The summed E-state index contributed by atoms with van der Waals surface area (Å²) in [5, 5.41) is 0. The molecule has 0 aliphatic carbocycles. The van der Waals surface area contributed by atoms with Crippen molar-refractivity contribution in [3.05, 3.63) is 48.3 Å². The highest BCUT2D eigenvalue weighted by atomic mass is 32.2. The van der Waals surface area contributed by atoms with E-state index in [1.54, 1.807) is 18.3 Å². The quantitative estimate of drug-likeness (QED) is 0.762. The molecule has 3 rings (SSSR count). The minimum atomic E-state index is -3.62. The van der Waals surface area contributed by atoms with Gasteiger partial charge in [0.15, 0.2) is 0 Å². The highest BCUT2D eigenvalue weighted by molar-refractivity contribution is 7.89. The standard InChI is InChI=1S/C18H23N3O4S/c1-24-16-6-7-18(17(13-16)25-2)26(22,23)21-11-9-20(10-12-21)14-15-5-3-4-8-19-15/h3-8,13H,9-12,14H2,1-2H3. The van der Waals surface area contributed by atoms with Crippen LogP contribution in [0.15, 0.2) is 47.5 Å². The van der Waals surface area contributed by atoms with Gasteiger partial charge >= 0.3 is 0 Å². The van der Waals surface area contributed by atoms with Gasteiger partial charge in [-0.3, -0.25) is 9.88 Å². The van der Waals surface area contributed by atoms with Gasteiger partial charge < -0.3 is 9.47 Å². The second-order valence-electron chi connectivity index (χ2n) is 6.02. The molecule has 0 N–H and O–H groups in total. The van der Waals surface area contributed by atoms with Crippen LogP contribution < -0.4 is 9.47 Å². The number of ether oxygens (including phenoxy) is 2. The normalized spacial score (nSPS) is 16.4. The zero-order valence-corrected chi connectivity index (χ0v) is 15.8. The molecular weight excluding hydrogens is 354 g/mol. The van der Waals surface area contributed by atoms with E-state index in [2.05, 4.69) is 9.88 Å². The minimum absolute atomic E-state index is 0.166. The molecule has 140 valence electrons. The lowest BCUT2D eigenvalue weighted by molar-refractivity contribution is 0.179. The van der Waals surface area contributed by atoms with Gasteiger partial charge in [0, 0.05) is 45.0 Å². The molecule has 0 radical (unpaired) electrons. The van der Waals surface area contributed by atoms with Crippen molar-refractivity contribution in [2.24, 2.45) is 0 Å². The average Bonchev–Trinajstić information content (AvgIpc) is 2.68. The van der Waals surface area contributed by atoms with Crippen molar-refractivity contribution in [1.82, 2.24) is 14.2 Å². The Labute approximate surface area is 154 Å². The van der Waals surface area contributed by atoms with Crippen molar-refractivity contribution in [2.75, 3.05) is 40.4 Å². The third kappa shape index (κ3) is 3.98. The number of hydrogen-bond donors (Lipinski definition) is 0. The van der Waals surface area contributed by atoms with Gasteiger partial charge in [-0.25, -0.2) is 8.42 Å². The average molecular weight is 377 g/mol. The summed E-state index contributed by atoms with van der Waals surface area (Å²) in [6.45, 7) is 2.91. The Morgan fingerprint density at radius 1 is 1.04 bits per heavy atom. The van der Waals surface area contributed by atoms with Gasteiger partial charge in [0.25, 0.3) is 0 Å². The van der Waals surface area contributed by atoms with Crippen LogP contribution in [0, 0.1) is 0 Å². The number of rotatable bonds is 6. The molecule has 1 aliphatic rings. The molecule has 1 aromatic carbocycles. The Morgan fingerprint density at radius 3 is 2.42 bits per heavy atom. The van der Waals surface area contributed by atoms with Crippen molar-refractivity contribution in [3.8, 4) is 11.5 Å². The molecule has 0 saturated carbocycles.